The van der Waals surface area contributed by atoms with Crippen molar-refractivity contribution in [2.24, 2.45) is 5.92 Å². The Bertz CT molecular complexity index is 521. The number of nitrogens with zero attached hydrogens (tertiary/aromatic N) is 1. The summed E-state index contributed by atoms with van der Waals surface area (Å²) in [5, 5.41) is 8.87. The van der Waals surface area contributed by atoms with E-state index >= 15 is 0 Å². The van der Waals surface area contributed by atoms with Gasteiger partial charge in [-0.2, -0.15) is 0 Å². The van der Waals surface area contributed by atoms with E-state index in [1.807, 2.05) is 0 Å². The standard InChI is InChI=1S/C14H15F2NO4/c15-14(16)6-11(12(18)19)7-17(9-14)13(20)21-8-10-4-2-1-3-5-10/h1-5,11H,6-9H2,(H,18,19). The molecule has 1 heterocycles. The molecular formula is C14H15F2NO4. The Labute approximate surface area is 120 Å². The van der Waals surface area contributed by atoms with E-state index in [0.29, 0.717) is 0 Å². The Hall–Kier alpha value is -2.18. The van der Waals surface area contributed by atoms with Gasteiger partial charge >= 0.3 is 12.1 Å². The third kappa shape index (κ3) is 4.14. The van der Waals surface area contributed by atoms with Crippen LogP contribution in [0.1, 0.15) is 12.0 Å². The average Bonchev–Trinajstić information content (AvgIpc) is 2.44. The van der Waals surface area contributed by atoms with Gasteiger partial charge in [0.25, 0.3) is 5.92 Å². The number of piperidine rings is 1. The maximum atomic E-state index is 13.5. The van der Waals surface area contributed by atoms with Gasteiger partial charge in [-0.1, -0.05) is 30.3 Å². The zero-order valence-corrected chi connectivity index (χ0v) is 11.2. The number of likely N-dealkylation sites (tertiary alicyclic amines) is 1. The first-order chi connectivity index (χ1) is 9.87. The molecule has 1 saturated heterocycles. The molecule has 21 heavy (non-hydrogen) atoms. The molecule has 1 aliphatic heterocycles. The normalized spacial score (nSPS) is 20.9. The highest BCUT2D eigenvalue weighted by molar-refractivity contribution is 5.73. The van der Waals surface area contributed by atoms with Gasteiger partial charge in [-0.15, -0.1) is 0 Å². The van der Waals surface area contributed by atoms with Gasteiger partial charge in [-0.05, 0) is 5.56 Å². The molecule has 114 valence electrons. The van der Waals surface area contributed by atoms with Crippen molar-refractivity contribution >= 4 is 12.1 Å². The molecule has 7 heteroatoms. The molecule has 1 unspecified atom stereocenters. The lowest BCUT2D eigenvalue weighted by atomic mass is 9.96. The van der Waals surface area contributed by atoms with Crippen LogP contribution in [0, 0.1) is 5.92 Å². The number of hydrogen-bond donors (Lipinski definition) is 1. The first-order valence-corrected chi connectivity index (χ1v) is 6.44. The summed E-state index contributed by atoms with van der Waals surface area (Å²) in [7, 11) is 0. The molecule has 0 saturated carbocycles. The van der Waals surface area contributed by atoms with Crippen LogP contribution in [0.4, 0.5) is 13.6 Å². The summed E-state index contributed by atoms with van der Waals surface area (Å²) in [6.45, 7) is -1.12. The van der Waals surface area contributed by atoms with Gasteiger partial charge in [0.1, 0.15) is 6.61 Å². The van der Waals surface area contributed by atoms with E-state index < -0.39 is 36.9 Å². The number of carbonyl (C=O) groups excluding carboxylic acids is 1. The maximum Gasteiger partial charge on any atom is 0.410 e. The van der Waals surface area contributed by atoms with Crippen LogP contribution in [-0.2, 0) is 16.1 Å². The van der Waals surface area contributed by atoms with Gasteiger partial charge < -0.3 is 14.7 Å². The number of hydrogen-bond acceptors (Lipinski definition) is 3. The largest absolute Gasteiger partial charge is 0.481 e. The predicted octanol–water partition coefficient (Wildman–Crippen LogP) is 2.37. The van der Waals surface area contributed by atoms with Crippen molar-refractivity contribution in [1.82, 2.24) is 4.90 Å². The molecule has 0 aliphatic carbocycles. The Morgan fingerprint density at radius 2 is 2.00 bits per heavy atom. The second-order valence-corrected chi connectivity index (χ2v) is 5.02. The number of aliphatic carboxylic acids is 1. The zero-order valence-electron chi connectivity index (χ0n) is 11.2. The molecule has 1 aliphatic rings. The van der Waals surface area contributed by atoms with Crippen molar-refractivity contribution in [1.29, 1.82) is 0 Å². The lowest BCUT2D eigenvalue weighted by molar-refractivity contribution is -0.151. The van der Waals surface area contributed by atoms with Gasteiger partial charge in [0, 0.05) is 13.0 Å². The number of carbonyl (C=O) groups is 2. The minimum atomic E-state index is -3.22. The molecule has 1 aromatic carbocycles. The molecule has 1 atom stereocenters. The topological polar surface area (TPSA) is 66.8 Å². The molecule has 0 spiro atoms. The molecule has 1 N–H and O–H groups in total. The number of ether oxygens (including phenoxy) is 1. The Morgan fingerprint density at radius 1 is 1.33 bits per heavy atom. The van der Waals surface area contributed by atoms with Crippen LogP contribution in [0.3, 0.4) is 0 Å². The minimum absolute atomic E-state index is 0.0422. The van der Waals surface area contributed by atoms with Crippen LogP contribution in [-0.4, -0.2) is 41.1 Å². The van der Waals surface area contributed by atoms with E-state index in [4.69, 9.17) is 9.84 Å². The quantitative estimate of drug-likeness (QED) is 0.930. The highest BCUT2D eigenvalue weighted by atomic mass is 19.3. The average molecular weight is 299 g/mol. The van der Waals surface area contributed by atoms with Crippen molar-refractivity contribution in [2.45, 2.75) is 19.0 Å². The van der Waals surface area contributed by atoms with E-state index in [9.17, 15) is 18.4 Å². The first-order valence-electron chi connectivity index (χ1n) is 6.44. The number of halogens is 2. The number of carboxylic acid groups (broad SMARTS) is 1. The third-order valence-electron chi connectivity index (χ3n) is 3.22. The lowest BCUT2D eigenvalue weighted by Gasteiger charge is -2.35. The summed E-state index contributed by atoms with van der Waals surface area (Å²) >= 11 is 0. The molecule has 0 bridgehead atoms. The van der Waals surface area contributed by atoms with Crippen molar-refractivity contribution in [3.63, 3.8) is 0 Å². The molecule has 1 amide bonds. The van der Waals surface area contributed by atoms with Crippen molar-refractivity contribution in [3.8, 4) is 0 Å². The molecule has 1 fully saturated rings. The fourth-order valence-corrected chi connectivity index (χ4v) is 2.21. The summed E-state index contributed by atoms with van der Waals surface area (Å²) in [6, 6.07) is 8.79. The predicted molar refractivity (Wildman–Crippen MR) is 68.9 cm³/mol. The van der Waals surface area contributed by atoms with Gasteiger partial charge in [-0.3, -0.25) is 4.79 Å². The zero-order chi connectivity index (χ0) is 15.5. The van der Waals surface area contributed by atoms with E-state index in [2.05, 4.69) is 0 Å². The first kappa shape index (κ1) is 15.2. The molecule has 2 rings (SSSR count). The maximum absolute atomic E-state index is 13.5. The van der Waals surface area contributed by atoms with Crippen LogP contribution in [0.25, 0.3) is 0 Å². The highest BCUT2D eigenvalue weighted by Gasteiger charge is 2.45. The van der Waals surface area contributed by atoms with Crippen molar-refractivity contribution in [2.75, 3.05) is 13.1 Å². The summed E-state index contributed by atoms with van der Waals surface area (Å²) in [5.74, 6) is -5.83. The third-order valence-corrected chi connectivity index (χ3v) is 3.22. The van der Waals surface area contributed by atoms with Crippen LogP contribution in [0.15, 0.2) is 30.3 Å². The number of carboxylic acids is 1. The molecule has 0 aromatic heterocycles. The summed E-state index contributed by atoms with van der Waals surface area (Å²) in [5.41, 5.74) is 0.726. The fraction of sp³-hybridized carbons (Fsp3) is 0.429. The monoisotopic (exact) mass is 299 g/mol. The minimum Gasteiger partial charge on any atom is -0.481 e. The molecule has 5 nitrogen and oxygen atoms in total. The summed E-state index contributed by atoms with van der Waals surface area (Å²) in [6.07, 6.45) is -1.69. The van der Waals surface area contributed by atoms with Gasteiger partial charge in [-0.25, -0.2) is 13.6 Å². The van der Waals surface area contributed by atoms with Gasteiger partial charge in [0.05, 0.1) is 12.5 Å². The summed E-state index contributed by atoms with van der Waals surface area (Å²) in [4.78, 5) is 23.4. The van der Waals surface area contributed by atoms with Crippen LogP contribution in [0.2, 0.25) is 0 Å². The number of alkyl halides is 2. The number of benzene rings is 1. The number of rotatable bonds is 3. The van der Waals surface area contributed by atoms with E-state index in [-0.39, 0.29) is 13.2 Å². The Kier molecular flexibility index (Phi) is 4.40. The van der Waals surface area contributed by atoms with Gasteiger partial charge in [0.15, 0.2) is 0 Å². The molecular weight excluding hydrogens is 284 g/mol. The second-order valence-electron chi connectivity index (χ2n) is 5.02. The van der Waals surface area contributed by atoms with Crippen LogP contribution in [0.5, 0.6) is 0 Å². The smallest absolute Gasteiger partial charge is 0.410 e. The van der Waals surface area contributed by atoms with Crippen molar-refractivity contribution in [3.05, 3.63) is 35.9 Å². The second kappa shape index (κ2) is 6.07. The van der Waals surface area contributed by atoms with Gasteiger partial charge in [0.2, 0.25) is 0 Å². The highest BCUT2D eigenvalue weighted by Crippen LogP contribution is 2.31. The van der Waals surface area contributed by atoms with Crippen molar-refractivity contribution < 1.29 is 28.2 Å². The van der Waals surface area contributed by atoms with Crippen LogP contribution < -0.4 is 0 Å². The molecule has 1 aromatic rings. The van der Waals surface area contributed by atoms with Crippen LogP contribution >= 0.6 is 0 Å². The van der Waals surface area contributed by atoms with E-state index in [0.717, 1.165) is 10.5 Å². The summed E-state index contributed by atoms with van der Waals surface area (Å²) < 4.78 is 31.9. The lowest BCUT2D eigenvalue weighted by Crippen LogP contribution is -2.51. The van der Waals surface area contributed by atoms with E-state index in [1.165, 1.54) is 0 Å². The number of amides is 1. The molecule has 0 radical (unpaired) electrons. The SMILES string of the molecule is O=C(O)C1CN(C(=O)OCc2ccccc2)CC(F)(F)C1. The Morgan fingerprint density at radius 3 is 2.62 bits per heavy atom. The Balaban J connectivity index is 1.96. The van der Waals surface area contributed by atoms with E-state index in [1.54, 1.807) is 30.3 Å². The fourth-order valence-electron chi connectivity index (χ4n) is 2.21.